The number of nitrogens with zero attached hydrogens (tertiary/aromatic N) is 3. The Morgan fingerprint density at radius 1 is 0.333 bits per heavy atom. The fourth-order valence-electron chi connectivity index (χ4n) is 4.69. The molecule has 0 saturated carbocycles. The van der Waals surface area contributed by atoms with Gasteiger partial charge in [-0.3, -0.25) is 0 Å². The number of halogens is 15. The summed E-state index contributed by atoms with van der Waals surface area (Å²) in [4.78, 5) is -0.615. The van der Waals surface area contributed by atoms with Crippen molar-refractivity contribution in [3.05, 3.63) is 105 Å². The van der Waals surface area contributed by atoms with E-state index >= 15 is 26.3 Å². The number of rotatable bonds is 6. The van der Waals surface area contributed by atoms with Crippen molar-refractivity contribution < 1.29 is 65.9 Å². The molecule has 1 aliphatic rings. The van der Waals surface area contributed by atoms with Gasteiger partial charge in [-0.15, -0.1) is 0 Å². The van der Waals surface area contributed by atoms with E-state index in [2.05, 4.69) is 0 Å². The maximum absolute atomic E-state index is 15.6. The van der Waals surface area contributed by atoms with Crippen LogP contribution in [0.4, 0.5) is 65.9 Å². The third-order valence-corrected chi connectivity index (χ3v) is 7.19. The standard InChI is InChI=1S/C27H18F15N3/c28-16-4-1-13(19(31)22(16)34)25(37,38)43-7-9-44(26(39,40)14-2-5-17(29)23(35)20(14)32)11-12-45(10-8-43)27(41,42)15-3-6-18(30)24(36)21(15)33/h1-6H,7-12H2. The smallest absolute Gasteiger partial charge is 0.238 e. The van der Waals surface area contributed by atoms with Crippen molar-refractivity contribution in [1.29, 1.82) is 0 Å². The van der Waals surface area contributed by atoms with Gasteiger partial charge in [-0.1, -0.05) is 0 Å². The molecule has 0 spiro atoms. The molecule has 1 fully saturated rings. The van der Waals surface area contributed by atoms with E-state index in [1.165, 1.54) is 0 Å². The highest BCUT2D eigenvalue weighted by atomic mass is 19.3. The molecule has 18 heteroatoms. The lowest BCUT2D eigenvalue weighted by Gasteiger charge is -2.35. The van der Waals surface area contributed by atoms with Crippen LogP contribution in [0.2, 0.25) is 0 Å². The second-order valence-corrected chi connectivity index (χ2v) is 9.75. The van der Waals surface area contributed by atoms with E-state index in [9.17, 15) is 39.5 Å². The number of benzene rings is 3. The van der Waals surface area contributed by atoms with Gasteiger partial charge in [0.1, 0.15) is 0 Å². The van der Waals surface area contributed by atoms with Gasteiger partial charge < -0.3 is 0 Å². The first kappa shape index (κ1) is 34.4. The molecule has 0 unspecified atom stereocenters. The van der Waals surface area contributed by atoms with Crippen LogP contribution >= 0.6 is 0 Å². The molecule has 4 rings (SSSR count). The van der Waals surface area contributed by atoms with Crippen LogP contribution in [-0.4, -0.2) is 54.0 Å². The van der Waals surface area contributed by atoms with E-state index in [4.69, 9.17) is 0 Å². The zero-order chi connectivity index (χ0) is 33.6. The molecule has 0 radical (unpaired) electrons. The van der Waals surface area contributed by atoms with Crippen LogP contribution < -0.4 is 0 Å². The minimum absolute atomic E-state index is 0.104. The van der Waals surface area contributed by atoms with E-state index < -0.39 is 126 Å². The third-order valence-electron chi connectivity index (χ3n) is 7.19. The van der Waals surface area contributed by atoms with Gasteiger partial charge in [0.2, 0.25) is 0 Å². The highest BCUT2D eigenvalue weighted by Gasteiger charge is 2.49. The van der Waals surface area contributed by atoms with E-state index in [1.807, 2.05) is 0 Å². The molecule has 1 heterocycles. The van der Waals surface area contributed by atoms with Crippen molar-refractivity contribution in [1.82, 2.24) is 14.7 Å². The SMILES string of the molecule is Fc1ccc(C(F)(F)N2CCN(C(F)(F)c3ccc(F)c(F)c3F)CCN(C(F)(F)c3ccc(F)c(F)c3F)CC2)c(F)c1F. The van der Waals surface area contributed by atoms with Crippen LogP contribution in [0.15, 0.2) is 36.4 Å². The molecule has 0 N–H and O–H groups in total. The van der Waals surface area contributed by atoms with Gasteiger partial charge in [0, 0.05) is 39.3 Å². The van der Waals surface area contributed by atoms with Crippen molar-refractivity contribution in [2.24, 2.45) is 0 Å². The maximum Gasteiger partial charge on any atom is 0.334 e. The van der Waals surface area contributed by atoms with Crippen molar-refractivity contribution >= 4 is 0 Å². The molecule has 45 heavy (non-hydrogen) atoms. The number of hydrogen-bond acceptors (Lipinski definition) is 3. The van der Waals surface area contributed by atoms with Gasteiger partial charge in [0.15, 0.2) is 52.4 Å². The van der Waals surface area contributed by atoms with Crippen LogP contribution in [-0.2, 0) is 18.1 Å². The van der Waals surface area contributed by atoms with Crippen LogP contribution in [0.3, 0.4) is 0 Å². The van der Waals surface area contributed by atoms with Crippen molar-refractivity contribution in [3.63, 3.8) is 0 Å². The van der Waals surface area contributed by atoms with Crippen LogP contribution in [0, 0.1) is 52.4 Å². The molecule has 3 nitrogen and oxygen atoms in total. The van der Waals surface area contributed by atoms with Gasteiger partial charge in [-0.2, -0.15) is 26.3 Å². The number of alkyl halides is 6. The molecule has 1 saturated heterocycles. The molecule has 0 aliphatic carbocycles. The maximum atomic E-state index is 15.6. The summed E-state index contributed by atoms with van der Waals surface area (Å²) in [5.74, 6) is -19.9. The first-order chi connectivity index (χ1) is 20.8. The Morgan fingerprint density at radius 3 is 0.733 bits per heavy atom. The average molecular weight is 669 g/mol. The van der Waals surface area contributed by atoms with Gasteiger partial charge >= 0.3 is 18.1 Å². The fraction of sp³-hybridized carbons (Fsp3) is 0.333. The summed E-state index contributed by atoms with van der Waals surface area (Å²) in [6, 6.07) is -13.6. The third kappa shape index (κ3) is 6.18. The van der Waals surface area contributed by atoms with E-state index in [1.54, 1.807) is 0 Å². The molecular formula is C27H18F15N3. The minimum Gasteiger partial charge on any atom is -0.238 e. The second-order valence-electron chi connectivity index (χ2n) is 9.75. The van der Waals surface area contributed by atoms with Crippen LogP contribution in [0.5, 0.6) is 0 Å². The first-order valence-corrected chi connectivity index (χ1v) is 12.6. The Kier molecular flexibility index (Phi) is 9.43. The van der Waals surface area contributed by atoms with Crippen LogP contribution in [0.25, 0.3) is 0 Å². The molecule has 246 valence electrons. The van der Waals surface area contributed by atoms with Crippen molar-refractivity contribution in [3.8, 4) is 0 Å². The molecule has 3 aromatic rings. The Labute approximate surface area is 244 Å². The average Bonchev–Trinajstić information content (AvgIpc) is 3.08. The molecule has 1 aliphatic heterocycles. The van der Waals surface area contributed by atoms with Crippen molar-refractivity contribution in [2.75, 3.05) is 39.3 Å². The zero-order valence-corrected chi connectivity index (χ0v) is 22.2. The van der Waals surface area contributed by atoms with Gasteiger partial charge in [-0.25, -0.2) is 54.2 Å². The van der Waals surface area contributed by atoms with E-state index in [0.29, 0.717) is 0 Å². The Balaban J connectivity index is 1.80. The zero-order valence-electron chi connectivity index (χ0n) is 22.2. The summed E-state index contributed by atoms with van der Waals surface area (Å²) in [5, 5.41) is 0. The highest BCUT2D eigenvalue weighted by Crippen LogP contribution is 2.40. The molecular weight excluding hydrogens is 651 g/mol. The molecule has 0 aromatic heterocycles. The quantitative estimate of drug-likeness (QED) is 0.154. The Hall–Kier alpha value is -3.51. The van der Waals surface area contributed by atoms with Gasteiger partial charge in [0.25, 0.3) is 0 Å². The summed E-state index contributed by atoms with van der Waals surface area (Å²) in [5.41, 5.74) is -5.51. The van der Waals surface area contributed by atoms with Crippen molar-refractivity contribution in [2.45, 2.75) is 18.1 Å². The van der Waals surface area contributed by atoms with Gasteiger partial charge in [0.05, 0.1) is 16.7 Å². The lowest BCUT2D eigenvalue weighted by atomic mass is 10.1. The molecule has 3 aromatic carbocycles. The summed E-state index contributed by atoms with van der Waals surface area (Å²) in [7, 11) is 0. The minimum atomic E-state index is -4.73. The first-order valence-electron chi connectivity index (χ1n) is 12.6. The molecule has 0 atom stereocenters. The lowest BCUT2D eigenvalue weighted by Crippen LogP contribution is -2.48. The monoisotopic (exact) mass is 669 g/mol. The normalized spacial score (nSPS) is 16.9. The highest BCUT2D eigenvalue weighted by molar-refractivity contribution is 5.27. The lowest BCUT2D eigenvalue weighted by molar-refractivity contribution is -0.180. The Bertz CT molecular complexity index is 1380. The largest absolute Gasteiger partial charge is 0.334 e. The summed E-state index contributed by atoms with van der Waals surface area (Å²) >= 11 is 0. The topological polar surface area (TPSA) is 9.72 Å². The summed E-state index contributed by atoms with van der Waals surface area (Å²) in [6.45, 7) is -7.80. The fourth-order valence-corrected chi connectivity index (χ4v) is 4.69. The predicted octanol–water partition coefficient (Wildman–Crippen LogP) is 7.41. The van der Waals surface area contributed by atoms with Crippen LogP contribution in [0.1, 0.15) is 16.7 Å². The molecule has 0 bridgehead atoms. The van der Waals surface area contributed by atoms with E-state index in [-0.39, 0.29) is 51.1 Å². The molecule has 0 amide bonds. The second kappa shape index (κ2) is 12.4. The predicted molar refractivity (Wildman–Crippen MR) is 125 cm³/mol. The Morgan fingerprint density at radius 2 is 0.533 bits per heavy atom. The summed E-state index contributed by atoms with van der Waals surface area (Å²) in [6.07, 6.45) is 0. The van der Waals surface area contributed by atoms with Gasteiger partial charge in [-0.05, 0) is 36.4 Å². The number of hydrogen-bond donors (Lipinski definition) is 0. The summed E-state index contributed by atoms with van der Waals surface area (Å²) < 4.78 is 218. The van der Waals surface area contributed by atoms with E-state index in [0.717, 1.165) is 0 Å².